The number of ether oxygens (including phenoxy) is 1. The van der Waals surface area contributed by atoms with Crippen LogP contribution in [0.1, 0.15) is 12.0 Å². The summed E-state index contributed by atoms with van der Waals surface area (Å²) in [6, 6.07) is 11.5. The predicted octanol–water partition coefficient (Wildman–Crippen LogP) is 2.91. The number of imidazole rings is 1. The molecule has 0 aliphatic carbocycles. The molecule has 2 aromatic heterocycles. The molecule has 0 atom stereocenters. The molecule has 112 valence electrons. The smallest absolute Gasteiger partial charge is 0.224 e. The summed E-state index contributed by atoms with van der Waals surface area (Å²) in [7, 11) is 1.64. The van der Waals surface area contributed by atoms with Crippen LogP contribution in [0, 0.1) is 0 Å². The third-order valence-electron chi connectivity index (χ3n) is 3.47. The quantitative estimate of drug-likeness (QED) is 0.787. The predicted molar refractivity (Wildman–Crippen MR) is 85.1 cm³/mol. The van der Waals surface area contributed by atoms with Gasteiger partial charge in [0, 0.05) is 25.0 Å². The molecule has 0 radical (unpaired) electrons. The molecule has 0 aliphatic rings. The minimum absolute atomic E-state index is 0.00437. The number of carbonyl (C=O) groups is 1. The Balaban J connectivity index is 1.57. The van der Waals surface area contributed by atoms with Gasteiger partial charge >= 0.3 is 0 Å². The van der Waals surface area contributed by atoms with Gasteiger partial charge in [-0.15, -0.1) is 0 Å². The highest BCUT2D eigenvalue weighted by molar-refractivity contribution is 5.90. The Kier molecular flexibility index (Phi) is 4.05. The van der Waals surface area contributed by atoms with Crippen molar-refractivity contribution in [2.75, 3.05) is 12.4 Å². The fourth-order valence-corrected chi connectivity index (χ4v) is 2.27. The van der Waals surface area contributed by atoms with Gasteiger partial charge in [-0.3, -0.25) is 4.79 Å². The number of carbonyl (C=O) groups excluding carboxylic acids is 1. The zero-order valence-electron chi connectivity index (χ0n) is 12.3. The molecule has 3 rings (SSSR count). The lowest BCUT2D eigenvalue weighted by Gasteiger charge is -2.06. The van der Waals surface area contributed by atoms with E-state index in [1.807, 2.05) is 53.2 Å². The van der Waals surface area contributed by atoms with E-state index in [9.17, 15) is 4.79 Å². The van der Waals surface area contributed by atoms with Crippen LogP contribution in [0.15, 0.2) is 55.0 Å². The van der Waals surface area contributed by atoms with Crippen molar-refractivity contribution in [1.29, 1.82) is 0 Å². The second kappa shape index (κ2) is 6.30. The van der Waals surface area contributed by atoms with Crippen molar-refractivity contribution in [3.63, 3.8) is 0 Å². The number of fused-ring (bicyclic) bond motifs is 1. The first-order valence-corrected chi connectivity index (χ1v) is 7.10. The lowest BCUT2D eigenvalue weighted by atomic mass is 10.1. The fourth-order valence-electron chi connectivity index (χ4n) is 2.27. The summed E-state index contributed by atoms with van der Waals surface area (Å²) in [4.78, 5) is 16.2. The first-order valence-electron chi connectivity index (χ1n) is 7.10. The van der Waals surface area contributed by atoms with Crippen LogP contribution in [0.4, 0.5) is 5.69 Å². The second-order valence-electron chi connectivity index (χ2n) is 5.01. The van der Waals surface area contributed by atoms with Gasteiger partial charge in [-0.25, -0.2) is 4.98 Å². The molecular formula is C17H17N3O2. The van der Waals surface area contributed by atoms with Crippen LogP contribution in [0.2, 0.25) is 0 Å². The Hall–Kier alpha value is -2.82. The Morgan fingerprint density at radius 1 is 1.23 bits per heavy atom. The van der Waals surface area contributed by atoms with Crippen LogP contribution in [-0.2, 0) is 11.2 Å². The highest BCUT2D eigenvalue weighted by Gasteiger charge is 2.04. The van der Waals surface area contributed by atoms with Crippen LogP contribution < -0.4 is 10.1 Å². The van der Waals surface area contributed by atoms with Crippen LogP contribution >= 0.6 is 0 Å². The monoisotopic (exact) mass is 295 g/mol. The first-order chi connectivity index (χ1) is 10.7. The minimum atomic E-state index is -0.00437. The van der Waals surface area contributed by atoms with E-state index in [0.29, 0.717) is 12.8 Å². The molecule has 0 saturated heterocycles. The van der Waals surface area contributed by atoms with Crippen molar-refractivity contribution in [3.05, 3.63) is 60.6 Å². The van der Waals surface area contributed by atoms with Crippen molar-refractivity contribution in [2.24, 2.45) is 0 Å². The first kappa shape index (κ1) is 14.1. The van der Waals surface area contributed by atoms with Gasteiger partial charge in [-0.2, -0.15) is 0 Å². The number of methoxy groups -OCH3 is 1. The van der Waals surface area contributed by atoms with Gasteiger partial charge in [0.05, 0.1) is 12.8 Å². The highest BCUT2D eigenvalue weighted by Crippen LogP contribution is 2.14. The number of benzene rings is 1. The van der Waals surface area contributed by atoms with Gasteiger partial charge in [0.15, 0.2) is 0 Å². The summed E-state index contributed by atoms with van der Waals surface area (Å²) in [6.45, 7) is 0. The summed E-state index contributed by atoms with van der Waals surface area (Å²) in [5, 5.41) is 2.90. The molecule has 0 spiro atoms. The molecule has 0 saturated carbocycles. The largest absolute Gasteiger partial charge is 0.497 e. The molecule has 5 heteroatoms. The van der Waals surface area contributed by atoms with E-state index in [1.54, 1.807) is 13.3 Å². The summed E-state index contributed by atoms with van der Waals surface area (Å²) < 4.78 is 6.99. The van der Waals surface area contributed by atoms with Crippen molar-refractivity contribution in [1.82, 2.24) is 9.38 Å². The molecular weight excluding hydrogens is 278 g/mol. The minimum Gasteiger partial charge on any atom is -0.497 e. The fraction of sp³-hybridized carbons (Fsp3) is 0.176. The van der Waals surface area contributed by atoms with Crippen LogP contribution in [0.3, 0.4) is 0 Å². The van der Waals surface area contributed by atoms with Gasteiger partial charge in [0.1, 0.15) is 11.4 Å². The average molecular weight is 295 g/mol. The Bertz CT molecular complexity index is 778. The lowest BCUT2D eigenvalue weighted by Crippen LogP contribution is -2.12. The molecule has 1 N–H and O–H groups in total. The molecule has 3 aromatic rings. The van der Waals surface area contributed by atoms with E-state index >= 15 is 0 Å². The van der Waals surface area contributed by atoms with E-state index in [-0.39, 0.29) is 5.91 Å². The third kappa shape index (κ3) is 3.25. The Labute approximate surface area is 128 Å². The summed E-state index contributed by atoms with van der Waals surface area (Å²) >= 11 is 0. The van der Waals surface area contributed by atoms with Crippen molar-refractivity contribution in [3.8, 4) is 5.75 Å². The average Bonchev–Trinajstić information content (AvgIpc) is 3.01. The van der Waals surface area contributed by atoms with Crippen LogP contribution in [-0.4, -0.2) is 22.4 Å². The van der Waals surface area contributed by atoms with E-state index in [4.69, 9.17) is 4.74 Å². The third-order valence-corrected chi connectivity index (χ3v) is 3.47. The number of hydrogen-bond acceptors (Lipinski definition) is 3. The maximum absolute atomic E-state index is 12.0. The number of pyridine rings is 1. The summed E-state index contributed by atoms with van der Waals surface area (Å²) in [5.41, 5.74) is 2.74. The van der Waals surface area contributed by atoms with Crippen LogP contribution in [0.25, 0.3) is 5.65 Å². The Morgan fingerprint density at radius 3 is 2.82 bits per heavy atom. The van der Waals surface area contributed by atoms with Gasteiger partial charge in [0.25, 0.3) is 0 Å². The highest BCUT2D eigenvalue weighted by atomic mass is 16.5. The zero-order valence-corrected chi connectivity index (χ0v) is 12.3. The number of hydrogen-bond donors (Lipinski definition) is 1. The molecule has 1 aromatic carbocycles. The number of aryl methyl sites for hydroxylation is 1. The SMILES string of the molecule is COc1ccc(CCC(=O)Nc2ccc3nccn3c2)cc1. The number of aromatic nitrogens is 2. The number of nitrogens with zero attached hydrogens (tertiary/aromatic N) is 2. The summed E-state index contributed by atoms with van der Waals surface area (Å²) in [6.07, 6.45) is 6.57. The van der Waals surface area contributed by atoms with Crippen molar-refractivity contribution in [2.45, 2.75) is 12.8 Å². The zero-order chi connectivity index (χ0) is 15.4. The van der Waals surface area contributed by atoms with Gasteiger partial charge in [-0.1, -0.05) is 12.1 Å². The number of rotatable bonds is 5. The molecule has 5 nitrogen and oxygen atoms in total. The number of amides is 1. The van der Waals surface area contributed by atoms with E-state index in [0.717, 1.165) is 22.6 Å². The molecule has 0 unspecified atom stereocenters. The van der Waals surface area contributed by atoms with E-state index < -0.39 is 0 Å². The maximum atomic E-state index is 12.0. The van der Waals surface area contributed by atoms with Crippen molar-refractivity contribution < 1.29 is 9.53 Å². The Morgan fingerprint density at radius 2 is 2.05 bits per heavy atom. The topological polar surface area (TPSA) is 55.6 Å². The molecule has 0 fully saturated rings. The number of nitrogens with one attached hydrogen (secondary N) is 1. The van der Waals surface area contributed by atoms with E-state index in [1.165, 1.54) is 0 Å². The second-order valence-corrected chi connectivity index (χ2v) is 5.01. The van der Waals surface area contributed by atoms with Gasteiger partial charge in [0.2, 0.25) is 5.91 Å². The molecule has 0 bridgehead atoms. The van der Waals surface area contributed by atoms with Gasteiger partial charge in [-0.05, 0) is 36.2 Å². The maximum Gasteiger partial charge on any atom is 0.224 e. The molecule has 1 amide bonds. The van der Waals surface area contributed by atoms with Crippen molar-refractivity contribution >= 4 is 17.2 Å². The summed E-state index contributed by atoms with van der Waals surface area (Å²) in [5.74, 6) is 0.817. The van der Waals surface area contributed by atoms with Crippen LogP contribution in [0.5, 0.6) is 5.75 Å². The molecule has 22 heavy (non-hydrogen) atoms. The number of anilines is 1. The normalized spacial score (nSPS) is 10.6. The lowest BCUT2D eigenvalue weighted by molar-refractivity contribution is -0.116. The molecule has 2 heterocycles. The van der Waals surface area contributed by atoms with E-state index in [2.05, 4.69) is 10.3 Å². The standard InChI is InChI=1S/C17H17N3O2/c1-22-15-6-2-13(3-7-15)4-9-17(21)19-14-5-8-16-18-10-11-20(16)12-14/h2-3,5-8,10-12H,4,9H2,1H3,(H,19,21). The van der Waals surface area contributed by atoms with Gasteiger partial charge < -0.3 is 14.5 Å². The molecule has 0 aliphatic heterocycles.